The first-order valence-electron chi connectivity index (χ1n) is 7.37. The van der Waals surface area contributed by atoms with E-state index in [0.717, 1.165) is 18.7 Å². The van der Waals surface area contributed by atoms with Crippen LogP contribution in [0.25, 0.3) is 0 Å². The lowest BCUT2D eigenvalue weighted by molar-refractivity contribution is -0.157. The summed E-state index contributed by atoms with van der Waals surface area (Å²) in [5.74, 6) is 1.03. The number of hydrogen-bond donors (Lipinski definition) is 0. The van der Waals surface area contributed by atoms with Gasteiger partial charge in [0.25, 0.3) is 0 Å². The highest BCUT2D eigenvalue weighted by atomic mass is 16.5. The van der Waals surface area contributed by atoms with E-state index in [0.29, 0.717) is 11.8 Å². The first-order valence-corrected chi connectivity index (χ1v) is 7.37. The van der Waals surface area contributed by atoms with Crippen molar-refractivity contribution in [1.82, 2.24) is 4.90 Å². The summed E-state index contributed by atoms with van der Waals surface area (Å²) < 4.78 is 5.11. The largest absolute Gasteiger partial charge is 0.467 e. The summed E-state index contributed by atoms with van der Waals surface area (Å²) in [5, 5.41) is 0. The van der Waals surface area contributed by atoms with Gasteiger partial charge in [0, 0.05) is 13.1 Å². The molecule has 1 heterocycles. The van der Waals surface area contributed by atoms with Gasteiger partial charge in [-0.1, -0.05) is 44.2 Å². The second-order valence-electron chi connectivity index (χ2n) is 6.28. The maximum absolute atomic E-state index is 12.5. The number of nitrogens with zero attached hydrogens (tertiary/aromatic N) is 1. The number of carbonyl (C=O) groups is 1. The van der Waals surface area contributed by atoms with Crippen LogP contribution >= 0.6 is 0 Å². The predicted molar refractivity (Wildman–Crippen MR) is 80.3 cm³/mol. The van der Waals surface area contributed by atoms with Crippen LogP contribution in [-0.4, -0.2) is 31.1 Å². The van der Waals surface area contributed by atoms with Gasteiger partial charge in [-0.15, -0.1) is 0 Å². The zero-order chi connectivity index (χ0) is 14.8. The minimum Gasteiger partial charge on any atom is -0.467 e. The van der Waals surface area contributed by atoms with Gasteiger partial charge < -0.3 is 4.74 Å². The molecule has 1 aromatic carbocycles. The van der Waals surface area contributed by atoms with Gasteiger partial charge in [-0.25, -0.2) is 4.79 Å². The molecule has 3 heteroatoms. The molecular formula is C17H25NO2. The molecule has 20 heavy (non-hydrogen) atoms. The van der Waals surface area contributed by atoms with Crippen LogP contribution in [-0.2, 0) is 15.1 Å². The highest BCUT2D eigenvalue weighted by Crippen LogP contribution is 2.35. The molecule has 0 radical (unpaired) electrons. The molecule has 2 rings (SSSR count). The molecule has 0 bridgehead atoms. The zero-order valence-corrected chi connectivity index (χ0v) is 12.9. The number of methoxy groups -OCH3 is 1. The van der Waals surface area contributed by atoms with Crippen LogP contribution in [0.1, 0.15) is 32.8 Å². The van der Waals surface area contributed by atoms with E-state index in [1.807, 2.05) is 37.3 Å². The van der Waals surface area contributed by atoms with Gasteiger partial charge in [0.05, 0.1) is 7.11 Å². The van der Waals surface area contributed by atoms with E-state index in [1.54, 1.807) is 0 Å². The van der Waals surface area contributed by atoms with Gasteiger partial charge in [0.15, 0.2) is 0 Å². The minimum atomic E-state index is -0.695. The number of piperidine rings is 1. The van der Waals surface area contributed by atoms with Crippen LogP contribution < -0.4 is 0 Å². The summed E-state index contributed by atoms with van der Waals surface area (Å²) in [5.41, 5.74) is 0.312. The van der Waals surface area contributed by atoms with Crippen LogP contribution in [0.15, 0.2) is 30.3 Å². The van der Waals surface area contributed by atoms with Gasteiger partial charge >= 0.3 is 5.97 Å². The van der Waals surface area contributed by atoms with Crippen molar-refractivity contribution in [3.8, 4) is 0 Å². The normalized spacial score (nSPS) is 26.8. The Morgan fingerprint density at radius 3 is 2.25 bits per heavy atom. The monoisotopic (exact) mass is 275 g/mol. The van der Waals surface area contributed by atoms with Crippen LogP contribution in [0.3, 0.4) is 0 Å². The highest BCUT2D eigenvalue weighted by Gasteiger charge is 2.44. The fourth-order valence-corrected chi connectivity index (χ4v) is 3.42. The Morgan fingerprint density at radius 2 is 1.75 bits per heavy atom. The first-order chi connectivity index (χ1) is 9.48. The molecule has 0 aliphatic carbocycles. The van der Waals surface area contributed by atoms with Crippen LogP contribution in [0.2, 0.25) is 0 Å². The molecule has 0 aromatic heterocycles. The van der Waals surface area contributed by atoms with Gasteiger partial charge in [0.1, 0.15) is 5.54 Å². The maximum Gasteiger partial charge on any atom is 0.330 e. The quantitative estimate of drug-likeness (QED) is 0.794. The fraction of sp³-hybridized carbons (Fsp3) is 0.588. The van der Waals surface area contributed by atoms with Gasteiger partial charge in [-0.3, -0.25) is 4.90 Å². The van der Waals surface area contributed by atoms with Crippen molar-refractivity contribution in [2.75, 3.05) is 20.2 Å². The average molecular weight is 275 g/mol. The minimum absolute atomic E-state index is 0.176. The highest BCUT2D eigenvalue weighted by molar-refractivity contribution is 5.82. The molecule has 0 amide bonds. The topological polar surface area (TPSA) is 29.5 Å². The molecule has 0 N–H and O–H groups in total. The van der Waals surface area contributed by atoms with Crippen molar-refractivity contribution in [3.63, 3.8) is 0 Å². The second kappa shape index (κ2) is 5.96. The molecule has 0 unspecified atom stereocenters. The van der Waals surface area contributed by atoms with Crippen molar-refractivity contribution < 1.29 is 9.53 Å². The van der Waals surface area contributed by atoms with E-state index >= 15 is 0 Å². The summed E-state index contributed by atoms with van der Waals surface area (Å²) in [6, 6.07) is 9.96. The smallest absolute Gasteiger partial charge is 0.330 e. The molecule has 1 aliphatic rings. The lowest BCUT2D eigenvalue weighted by Crippen LogP contribution is -2.55. The van der Waals surface area contributed by atoms with E-state index in [-0.39, 0.29) is 5.97 Å². The van der Waals surface area contributed by atoms with Crippen molar-refractivity contribution in [3.05, 3.63) is 35.9 Å². The molecule has 110 valence electrons. The Hall–Kier alpha value is -1.35. The second-order valence-corrected chi connectivity index (χ2v) is 6.28. The van der Waals surface area contributed by atoms with Crippen molar-refractivity contribution in [2.24, 2.45) is 11.8 Å². The number of esters is 1. The van der Waals surface area contributed by atoms with Gasteiger partial charge in [0.2, 0.25) is 0 Å². The van der Waals surface area contributed by atoms with Gasteiger partial charge in [-0.2, -0.15) is 0 Å². The fourth-order valence-electron chi connectivity index (χ4n) is 3.42. The Bertz CT molecular complexity index is 449. The number of ether oxygens (including phenoxy) is 1. The lowest BCUT2D eigenvalue weighted by Gasteiger charge is -2.45. The zero-order valence-electron chi connectivity index (χ0n) is 12.9. The summed E-state index contributed by atoms with van der Waals surface area (Å²) in [7, 11) is 1.47. The third-order valence-electron chi connectivity index (χ3n) is 4.42. The van der Waals surface area contributed by atoms with E-state index in [1.165, 1.54) is 13.5 Å². The molecule has 0 saturated carbocycles. The molecule has 1 saturated heterocycles. The number of benzene rings is 1. The van der Waals surface area contributed by atoms with Crippen LogP contribution in [0.5, 0.6) is 0 Å². The molecule has 3 atom stereocenters. The first kappa shape index (κ1) is 15.0. The SMILES string of the molecule is COC(=O)[C@](C)(c1ccccc1)N1C[C@H](C)C[C@H](C)C1. The maximum atomic E-state index is 12.5. The van der Waals surface area contributed by atoms with E-state index in [9.17, 15) is 4.79 Å². The predicted octanol–water partition coefficient (Wildman–Crippen LogP) is 3.05. The Kier molecular flexibility index (Phi) is 4.48. The average Bonchev–Trinajstić information content (AvgIpc) is 2.45. The van der Waals surface area contributed by atoms with Crippen LogP contribution in [0, 0.1) is 11.8 Å². The van der Waals surface area contributed by atoms with E-state index in [2.05, 4.69) is 18.7 Å². The molecule has 3 nitrogen and oxygen atoms in total. The summed E-state index contributed by atoms with van der Waals surface area (Å²) in [6.07, 6.45) is 1.22. The summed E-state index contributed by atoms with van der Waals surface area (Å²) >= 11 is 0. The number of carbonyl (C=O) groups excluding carboxylic acids is 1. The van der Waals surface area contributed by atoms with Crippen molar-refractivity contribution in [2.45, 2.75) is 32.7 Å². The van der Waals surface area contributed by atoms with Crippen molar-refractivity contribution >= 4 is 5.97 Å². The number of rotatable bonds is 3. The number of hydrogen-bond acceptors (Lipinski definition) is 3. The molecule has 0 spiro atoms. The standard InChI is InChI=1S/C17H25NO2/c1-13-10-14(2)12-18(11-13)17(3,16(19)20-4)15-8-6-5-7-9-15/h5-9,13-14H,10-12H2,1-4H3/t13-,14+,17-/m0/s1. The lowest BCUT2D eigenvalue weighted by atomic mass is 9.83. The Morgan fingerprint density at radius 1 is 1.20 bits per heavy atom. The molecule has 1 aromatic rings. The molecule has 1 fully saturated rings. The summed E-state index contributed by atoms with van der Waals surface area (Å²) in [6.45, 7) is 8.37. The van der Waals surface area contributed by atoms with Gasteiger partial charge in [-0.05, 0) is 30.7 Å². The Balaban J connectivity index is 2.39. The molecular weight excluding hydrogens is 250 g/mol. The third-order valence-corrected chi connectivity index (χ3v) is 4.42. The van der Waals surface area contributed by atoms with Crippen molar-refractivity contribution in [1.29, 1.82) is 0 Å². The number of likely N-dealkylation sites (tertiary alicyclic amines) is 1. The van der Waals surface area contributed by atoms with E-state index < -0.39 is 5.54 Å². The molecule has 1 aliphatic heterocycles. The Labute approximate surface area is 121 Å². The van der Waals surface area contributed by atoms with Crippen LogP contribution in [0.4, 0.5) is 0 Å². The summed E-state index contributed by atoms with van der Waals surface area (Å²) in [4.78, 5) is 14.8. The third kappa shape index (κ3) is 2.73. The van der Waals surface area contributed by atoms with E-state index in [4.69, 9.17) is 4.74 Å².